The maximum Gasteiger partial charge on any atom is 0.417 e. The number of nitrogens with zero attached hydrogens (tertiary/aromatic N) is 1. The summed E-state index contributed by atoms with van der Waals surface area (Å²) in [6.07, 6.45) is -3.62. The van der Waals surface area contributed by atoms with Crippen LogP contribution in [0.4, 0.5) is 17.6 Å². The van der Waals surface area contributed by atoms with Gasteiger partial charge in [0.05, 0.1) is 22.5 Å². The largest absolute Gasteiger partial charge is 0.481 e. The molecule has 1 heterocycles. The second-order valence-electron chi connectivity index (χ2n) is 6.83. The van der Waals surface area contributed by atoms with Crippen molar-refractivity contribution in [1.29, 1.82) is 0 Å². The Morgan fingerprint density at radius 2 is 1.93 bits per heavy atom. The van der Waals surface area contributed by atoms with Crippen molar-refractivity contribution in [2.24, 2.45) is 5.92 Å². The fourth-order valence-electron chi connectivity index (χ4n) is 3.66. The van der Waals surface area contributed by atoms with E-state index in [9.17, 15) is 27.5 Å². The van der Waals surface area contributed by atoms with Gasteiger partial charge in [-0.15, -0.1) is 0 Å². The third kappa shape index (κ3) is 4.31. The van der Waals surface area contributed by atoms with E-state index in [0.717, 1.165) is 12.1 Å². The van der Waals surface area contributed by atoms with Crippen molar-refractivity contribution >= 4 is 17.6 Å². The van der Waals surface area contributed by atoms with Crippen LogP contribution >= 0.6 is 11.6 Å². The lowest BCUT2D eigenvalue weighted by molar-refractivity contribution is -0.143. The molecule has 2 unspecified atom stereocenters. The Morgan fingerprint density at radius 3 is 2.57 bits per heavy atom. The first kappa shape index (κ1) is 20.6. The van der Waals surface area contributed by atoms with Crippen LogP contribution < -0.4 is 0 Å². The van der Waals surface area contributed by atoms with Gasteiger partial charge < -0.3 is 5.11 Å². The molecule has 8 heteroatoms. The molecule has 0 spiro atoms. The molecule has 150 valence electrons. The minimum atomic E-state index is -4.65. The van der Waals surface area contributed by atoms with Crippen LogP contribution in [0.25, 0.3) is 0 Å². The van der Waals surface area contributed by atoms with Crippen LogP contribution in [0.15, 0.2) is 42.5 Å². The van der Waals surface area contributed by atoms with Gasteiger partial charge in [-0.1, -0.05) is 35.9 Å². The molecule has 2 aromatic rings. The number of alkyl halides is 3. The molecule has 3 rings (SSSR count). The molecular formula is C20H18ClF4NO2. The van der Waals surface area contributed by atoms with E-state index in [2.05, 4.69) is 0 Å². The molecule has 0 amide bonds. The number of hydrogen-bond acceptors (Lipinski definition) is 2. The summed E-state index contributed by atoms with van der Waals surface area (Å²) in [6, 6.07) is 8.49. The van der Waals surface area contributed by atoms with Crippen molar-refractivity contribution < 1.29 is 27.5 Å². The minimum absolute atomic E-state index is 0.123. The molecule has 3 nitrogen and oxygen atoms in total. The summed E-state index contributed by atoms with van der Waals surface area (Å²) >= 11 is 5.73. The predicted molar refractivity (Wildman–Crippen MR) is 96.6 cm³/mol. The van der Waals surface area contributed by atoms with E-state index in [-0.39, 0.29) is 17.7 Å². The molecule has 28 heavy (non-hydrogen) atoms. The average Bonchev–Trinajstić information content (AvgIpc) is 2.64. The molecule has 0 bridgehead atoms. The summed E-state index contributed by atoms with van der Waals surface area (Å²) in [4.78, 5) is 13.2. The quantitative estimate of drug-likeness (QED) is 0.681. The molecular weight excluding hydrogens is 398 g/mol. The van der Waals surface area contributed by atoms with Crippen LogP contribution in [0.3, 0.4) is 0 Å². The number of piperidine rings is 1. The Kier molecular flexibility index (Phi) is 5.95. The lowest BCUT2D eigenvalue weighted by Gasteiger charge is -2.38. The topological polar surface area (TPSA) is 40.5 Å². The van der Waals surface area contributed by atoms with Gasteiger partial charge in [-0.05, 0) is 43.1 Å². The van der Waals surface area contributed by atoms with Crippen LogP contribution in [0.1, 0.15) is 35.6 Å². The van der Waals surface area contributed by atoms with Crippen molar-refractivity contribution in [3.8, 4) is 0 Å². The monoisotopic (exact) mass is 415 g/mol. The molecule has 1 aliphatic rings. The van der Waals surface area contributed by atoms with E-state index >= 15 is 0 Å². The van der Waals surface area contributed by atoms with Crippen molar-refractivity contribution in [2.75, 3.05) is 13.1 Å². The molecule has 1 saturated heterocycles. The second-order valence-corrected chi connectivity index (χ2v) is 7.24. The SMILES string of the molecule is O=C(O)C1CCCN(C(c2ccc(Cl)c(C(F)(F)F)c2)c2ccccc2F)C1. The van der Waals surface area contributed by atoms with Crippen LogP contribution in [-0.4, -0.2) is 29.1 Å². The first-order valence-corrected chi connectivity index (χ1v) is 9.14. The summed E-state index contributed by atoms with van der Waals surface area (Å²) in [5, 5.41) is 8.91. The van der Waals surface area contributed by atoms with Gasteiger partial charge in [0, 0.05) is 12.1 Å². The molecule has 1 N–H and O–H groups in total. The zero-order chi connectivity index (χ0) is 20.5. The number of hydrogen-bond donors (Lipinski definition) is 1. The molecule has 2 aromatic carbocycles. The van der Waals surface area contributed by atoms with E-state index in [1.165, 1.54) is 24.3 Å². The van der Waals surface area contributed by atoms with E-state index in [0.29, 0.717) is 19.4 Å². The van der Waals surface area contributed by atoms with E-state index in [1.807, 2.05) is 0 Å². The zero-order valence-electron chi connectivity index (χ0n) is 14.7. The summed E-state index contributed by atoms with van der Waals surface area (Å²) < 4.78 is 54.6. The van der Waals surface area contributed by atoms with Gasteiger partial charge in [-0.2, -0.15) is 13.2 Å². The first-order valence-electron chi connectivity index (χ1n) is 8.76. The van der Waals surface area contributed by atoms with Crippen LogP contribution in [0.5, 0.6) is 0 Å². The Labute approximate surface area is 164 Å². The van der Waals surface area contributed by atoms with Gasteiger partial charge in [0.15, 0.2) is 0 Å². The number of aliphatic carboxylic acids is 1. The fourth-order valence-corrected chi connectivity index (χ4v) is 3.88. The summed E-state index contributed by atoms with van der Waals surface area (Å²) in [6.45, 7) is 0.574. The Bertz CT molecular complexity index is 872. The fraction of sp³-hybridized carbons (Fsp3) is 0.350. The molecule has 2 atom stereocenters. The van der Waals surface area contributed by atoms with Crippen LogP contribution in [0.2, 0.25) is 5.02 Å². The summed E-state index contributed by atoms with van der Waals surface area (Å²) in [7, 11) is 0. The molecule has 1 fully saturated rings. The van der Waals surface area contributed by atoms with Crippen molar-refractivity contribution in [1.82, 2.24) is 4.90 Å². The van der Waals surface area contributed by atoms with Gasteiger partial charge in [0.25, 0.3) is 0 Å². The van der Waals surface area contributed by atoms with Gasteiger partial charge in [0.1, 0.15) is 5.82 Å². The predicted octanol–water partition coefficient (Wildman–Crippen LogP) is 5.38. The van der Waals surface area contributed by atoms with E-state index in [4.69, 9.17) is 11.6 Å². The molecule has 0 saturated carbocycles. The lowest BCUT2D eigenvalue weighted by Crippen LogP contribution is -2.41. The number of rotatable bonds is 4. The van der Waals surface area contributed by atoms with E-state index < -0.39 is 40.5 Å². The zero-order valence-corrected chi connectivity index (χ0v) is 15.5. The smallest absolute Gasteiger partial charge is 0.417 e. The van der Waals surface area contributed by atoms with Gasteiger partial charge in [-0.3, -0.25) is 9.69 Å². The van der Waals surface area contributed by atoms with E-state index in [1.54, 1.807) is 11.0 Å². The van der Waals surface area contributed by atoms with Crippen molar-refractivity contribution in [3.05, 3.63) is 70.0 Å². The van der Waals surface area contributed by atoms with Crippen LogP contribution in [-0.2, 0) is 11.0 Å². The average molecular weight is 416 g/mol. The molecule has 0 aromatic heterocycles. The normalized spacial score (nSPS) is 19.4. The highest BCUT2D eigenvalue weighted by Gasteiger charge is 2.36. The second kappa shape index (κ2) is 8.09. The maximum atomic E-state index is 14.6. The van der Waals surface area contributed by atoms with Crippen LogP contribution in [0, 0.1) is 11.7 Å². The Balaban J connectivity index is 2.10. The third-order valence-corrected chi connectivity index (χ3v) is 5.31. The maximum absolute atomic E-state index is 14.6. The van der Waals surface area contributed by atoms with Crippen molar-refractivity contribution in [3.63, 3.8) is 0 Å². The number of halogens is 5. The number of carboxylic acids is 1. The Morgan fingerprint density at radius 1 is 1.21 bits per heavy atom. The minimum Gasteiger partial charge on any atom is -0.481 e. The van der Waals surface area contributed by atoms with Gasteiger partial charge in [0.2, 0.25) is 0 Å². The standard InChI is InChI=1S/C20H18ClF4NO2/c21-16-8-7-12(10-15(16)20(23,24)25)18(14-5-1-2-6-17(14)22)26-9-3-4-13(11-26)19(27)28/h1-2,5-8,10,13,18H,3-4,9,11H2,(H,27,28). The highest BCUT2D eigenvalue weighted by atomic mass is 35.5. The third-order valence-electron chi connectivity index (χ3n) is 4.98. The summed E-state index contributed by atoms with van der Waals surface area (Å²) in [5.74, 6) is -2.19. The number of benzene rings is 2. The first-order chi connectivity index (χ1) is 13.2. The van der Waals surface area contributed by atoms with Gasteiger partial charge in [-0.25, -0.2) is 4.39 Å². The Hall–Kier alpha value is -2.12. The lowest BCUT2D eigenvalue weighted by atomic mass is 9.90. The van der Waals surface area contributed by atoms with Crippen molar-refractivity contribution in [2.45, 2.75) is 25.1 Å². The summed E-state index contributed by atoms with van der Waals surface area (Å²) in [5.41, 5.74) is -0.586. The highest BCUT2D eigenvalue weighted by molar-refractivity contribution is 6.31. The van der Waals surface area contributed by atoms with Gasteiger partial charge >= 0.3 is 12.1 Å². The molecule has 1 aliphatic heterocycles. The molecule has 0 aliphatic carbocycles. The molecule has 0 radical (unpaired) electrons. The number of carboxylic acid groups (broad SMARTS) is 1. The number of carbonyl (C=O) groups is 1. The number of likely N-dealkylation sites (tertiary alicyclic amines) is 1. The highest BCUT2D eigenvalue weighted by Crippen LogP contribution is 2.40.